The number of ether oxygens (including phenoxy) is 1. The monoisotopic (exact) mass is 275 g/mol. The smallest absolute Gasteiger partial charge is 0.115 e. The van der Waals surface area contributed by atoms with Gasteiger partial charge in [0.25, 0.3) is 0 Å². The molecule has 1 fully saturated rings. The number of hydrogen-bond donors (Lipinski definition) is 1. The van der Waals surface area contributed by atoms with Gasteiger partial charge in [0.05, 0.1) is 0 Å². The quantitative estimate of drug-likeness (QED) is 0.920. The first-order chi connectivity index (χ1) is 9.78. The van der Waals surface area contributed by atoms with E-state index in [1.807, 2.05) is 12.1 Å². The van der Waals surface area contributed by atoms with Gasteiger partial charge in [-0.1, -0.05) is 6.07 Å². The highest BCUT2D eigenvalue weighted by molar-refractivity contribution is 5.38. The fourth-order valence-corrected chi connectivity index (χ4v) is 3.82. The van der Waals surface area contributed by atoms with E-state index in [0.29, 0.717) is 11.8 Å². The third kappa shape index (κ3) is 2.84. The lowest BCUT2D eigenvalue weighted by Gasteiger charge is -2.40. The van der Waals surface area contributed by atoms with Crippen LogP contribution in [0.4, 0.5) is 0 Å². The number of likely N-dealkylation sites (tertiary alicyclic amines) is 1. The Labute approximate surface area is 121 Å². The van der Waals surface area contributed by atoms with E-state index < -0.39 is 0 Å². The van der Waals surface area contributed by atoms with Crippen molar-refractivity contribution < 1.29 is 9.84 Å². The van der Waals surface area contributed by atoms with Crippen molar-refractivity contribution in [2.75, 3.05) is 26.8 Å². The second kappa shape index (κ2) is 6.15. The highest BCUT2D eigenvalue weighted by atomic mass is 16.5. The molecule has 0 bridgehead atoms. The number of piperidine rings is 1. The minimum absolute atomic E-state index is 0.406. The van der Waals surface area contributed by atoms with Crippen LogP contribution in [0.3, 0.4) is 0 Å². The summed E-state index contributed by atoms with van der Waals surface area (Å²) < 4.78 is 5.29. The predicted octanol–water partition coefficient (Wildman–Crippen LogP) is 3.13. The van der Waals surface area contributed by atoms with Crippen LogP contribution in [0.2, 0.25) is 0 Å². The van der Waals surface area contributed by atoms with Crippen LogP contribution in [0.15, 0.2) is 18.2 Å². The number of aromatic hydroxyl groups is 1. The molecular weight excluding hydrogens is 250 g/mol. The van der Waals surface area contributed by atoms with Crippen molar-refractivity contribution in [1.82, 2.24) is 4.90 Å². The molecule has 1 aliphatic heterocycles. The van der Waals surface area contributed by atoms with Gasteiger partial charge in [-0.2, -0.15) is 0 Å². The van der Waals surface area contributed by atoms with Crippen molar-refractivity contribution >= 4 is 0 Å². The molecule has 0 radical (unpaired) electrons. The maximum Gasteiger partial charge on any atom is 0.115 e. The first kappa shape index (κ1) is 13.9. The minimum atomic E-state index is 0.406. The standard InChI is InChI=1S/C17H25NO2/c1-20-12-13-7-9-18(10-8-13)17-4-2-3-14-11-15(19)5-6-16(14)17/h5-6,11,13,17,19H,2-4,7-10,12H2,1H3. The summed E-state index contributed by atoms with van der Waals surface area (Å²) in [6.45, 7) is 3.26. The van der Waals surface area contributed by atoms with Gasteiger partial charge in [-0.05, 0) is 74.4 Å². The van der Waals surface area contributed by atoms with E-state index in [2.05, 4.69) is 11.0 Å². The van der Waals surface area contributed by atoms with Gasteiger partial charge in [-0.25, -0.2) is 0 Å². The van der Waals surface area contributed by atoms with Crippen molar-refractivity contribution in [2.45, 2.75) is 38.1 Å². The Morgan fingerprint density at radius 1 is 1.25 bits per heavy atom. The van der Waals surface area contributed by atoms with Crippen LogP contribution >= 0.6 is 0 Å². The Bertz CT molecular complexity index is 452. The van der Waals surface area contributed by atoms with E-state index in [1.165, 1.54) is 49.9 Å². The molecule has 0 saturated carbocycles. The average molecular weight is 275 g/mol. The first-order valence-electron chi connectivity index (χ1n) is 7.82. The second-order valence-electron chi connectivity index (χ2n) is 6.23. The van der Waals surface area contributed by atoms with Crippen LogP contribution in [0.25, 0.3) is 0 Å². The van der Waals surface area contributed by atoms with Crippen molar-refractivity contribution in [3.8, 4) is 5.75 Å². The molecular formula is C17H25NO2. The fraction of sp³-hybridized carbons (Fsp3) is 0.647. The maximum absolute atomic E-state index is 9.65. The van der Waals surface area contributed by atoms with Crippen LogP contribution in [0.1, 0.15) is 42.9 Å². The minimum Gasteiger partial charge on any atom is -0.508 e. The molecule has 0 amide bonds. The highest BCUT2D eigenvalue weighted by Gasteiger charge is 2.29. The summed E-state index contributed by atoms with van der Waals surface area (Å²) in [7, 11) is 1.80. The molecule has 1 aromatic rings. The Morgan fingerprint density at radius 2 is 2.05 bits per heavy atom. The van der Waals surface area contributed by atoms with Crippen LogP contribution in [0.5, 0.6) is 5.75 Å². The second-order valence-corrected chi connectivity index (χ2v) is 6.23. The number of phenols is 1. The van der Waals surface area contributed by atoms with Gasteiger partial charge in [0, 0.05) is 19.8 Å². The zero-order valence-electron chi connectivity index (χ0n) is 12.3. The lowest BCUT2D eigenvalue weighted by atomic mass is 9.85. The van der Waals surface area contributed by atoms with E-state index in [-0.39, 0.29) is 0 Å². The molecule has 2 aliphatic rings. The Hall–Kier alpha value is -1.06. The van der Waals surface area contributed by atoms with Crippen LogP contribution in [-0.4, -0.2) is 36.8 Å². The van der Waals surface area contributed by atoms with Crippen molar-refractivity contribution in [1.29, 1.82) is 0 Å². The van der Waals surface area contributed by atoms with Gasteiger partial charge in [-0.15, -0.1) is 0 Å². The Morgan fingerprint density at radius 3 is 2.80 bits per heavy atom. The normalized spacial score (nSPS) is 24.6. The third-order valence-electron chi connectivity index (χ3n) is 4.90. The van der Waals surface area contributed by atoms with Gasteiger partial charge < -0.3 is 9.84 Å². The zero-order valence-corrected chi connectivity index (χ0v) is 12.3. The first-order valence-corrected chi connectivity index (χ1v) is 7.82. The number of rotatable bonds is 3. The molecule has 1 aliphatic carbocycles. The topological polar surface area (TPSA) is 32.7 Å². The summed E-state index contributed by atoms with van der Waals surface area (Å²) in [5.74, 6) is 1.14. The third-order valence-corrected chi connectivity index (χ3v) is 4.90. The van der Waals surface area contributed by atoms with E-state index in [4.69, 9.17) is 4.74 Å². The molecule has 1 N–H and O–H groups in total. The number of fused-ring (bicyclic) bond motifs is 1. The number of benzene rings is 1. The SMILES string of the molecule is COCC1CCN(C2CCCc3cc(O)ccc32)CC1. The molecule has 1 atom stereocenters. The molecule has 1 heterocycles. The Kier molecular flexibility index (Phi) is 4.27. The van der Waals surface area contributed by atoms with Crippen molar-refractivity contribution in [3.63, 3.8) is 0 Å². The molecule has 1 aromatic carbocycles. The van der Waals surface area contributed by atoms with E-state index >= 15 is 0 Å². The molecule has 3 rings (SSSR count). The summed E-state index contributed by atoms with van der Waals surface area (Å²) in [6.07, 6.45) is 6.10. The average Bonchev–Trinajstić information content (AvgIpc) is 2.47. The molecule has 3 heteroatoms. The molecule has 1 saturated heterocycles. The van der Waals surface area contributed by atoms with Crippen LogP contribution in [-0.2, 0) is 11.2 Å². The molecule has 0 spiro atoms. The number of hydrogen-bond acceptors (Lipinski definition) is 3. The van der Waals surface area contributed by atoms with Crippen molar-refractivity contribution in [3.05, 3.63) is 29.3 Å². The maximum atomic E-state index is 9.65. The number of phenolic OH excluding ortho intramolecular Hbond substituents is 1. The van der Waals surface area contributed by atoms with Gasteiger partial charge >= 0.3 is 0 Å². The summed E-state index contributed by atoms with van der Waals surface area (Å²) in [5, 5.41) is 9.65. The molecule has 20 heavy (non-hydrogen) atoms. The number of methoxy groups -OCH3 is 1. The summed E-state index contributed by atoms with van der Waals surface area (Å²) in [6, 6.07) is 6.49. The van der Waals surface area contributed by atoms with Gasteiger partial charge in [0.15, 0.2) is 0 Å². The zero-order chi connectivity index (χ0) is 13.9. The largest absolute Gasteiger partial charge is 0.508 e. The fourth-order valence-electron chi connectivity index (χ4n) is 3.82. The highest BCUT2D eigenvalue weighted by Crippen LogP contribution is 2.37. The lowest BCUT2D eigenvalue weighted by molar-refractivity contribution is 0.0744. The van der Waals surface area contributed by atoms with Crippen molar-refractivity contribution in [2.24, 2.45) is 5.92 Å². The lowest BCUT2D eigenvalue weighted by Crippen LogP contribution is -2.39. The van der Waals surface area contributed by atoms with E-state index in [9.17, 15) is 5.11 Å². The van der Waals surface area contributed by atoms with Gasteiger partial charge in [0.2, 0.25) is 0 Å². The molecule has 0 aromatic heterocycles. The summed E-state index contributed by atoms with van der Waals surface area (Å²) in [4.78, 5) is 2.64. The molecule has 110 valence electrons. The van der Waals surface area contributed by atoms with Crippen LogP contribution in [0, 0.1) is 5.92 Å². The summed E-state index contributed by atoms with van der Waals surface area (Å²) in [5.41, 5.74) is 2.79. The summed E-state index contributed by atoms with van der Waals surface area (Å²) >= 11 is 0. The molecule has 3 nitrogen and oxygen atoms in total. The predicted molar refractivity (Wildman–Crippen MR) is 80.0 cm³/mol. The van der Waals surface area contributed by atoms with E-state index in [1.54, 1.807) is 7.11 Å². The molecule has 1 unspecified atom stereocenters. The van der Waals surface area contributed by atoms with Gasteiger partial charge in [-0.3, -0.25) is 4.90 Å². The van der Waals surface area contributed by atoms with Crippen LogP contribution < -0.4 is 0 Å². The number of aryl methyl sites for hydroxylation is 1. The number of nitrogens with zero attached hydrogens (tertiary/aromatic N) is 1. The van der Waals surface area contributed by atoms with E-state index in [0.717, 1.165) is 18.9 Å². The Balaban J connectivity index is 1.70. The van der Waals surface area contributed by atoms with Gasteiger partial charge in [0.1, 0.15) is 5.75 Å².